The van der Waals surface area contributed by atoms with Gasteiger partial charge in [-0.2, -0.15) is 0 Å². The molecule has 0 amide bonds. The Hall–Kier alpha value is -2.00. The molecule has 0 heterocycles. The van der Waals surface area contributed by atoms with Crippen molar-refractivity contribution in [2.75, 3.05) is 5.32 Å². The van der Waals surface area contributed by atoms with E-state index in [-0.39, 0.29) is 11.8 Å². The quantitative estimate of drug-likeness (QED) is 0.759. The standard InChI is InChI=1S/C16H20N2O/c1-2-4-16(17)12-7-9-13(10-8-12)18-14-5-3-6-15(19)11-14/h3,5-11,16,18-19H,2,4,17H2,1H3. The summed E-state index contributed by atoms with van der Waals surface area (Å²) >= 11 is 0. The number of hydrogen-bond donors (Lipinski definition) is 3. The summed E-state index contributed by atoms with van der Waals surface area (Å²) in [4.78, 5) is 0. The van der Waals surface area contributed by atoms with Crippen LogP contribution in [0.5, 0.6) is 5.75 Å². The maximum atomic E-state index is 9.41. The minimum atomic E-state index is 0.111. The zero-order chi connectivity index (χ0) is 13.7. The van der Waals surface area contributed by atoms with Crippen LogP contribution in [0.2, 0.25) is 0 Å². The Balaban J connectivity index is 2.06. The molecule has 3 nitrogen and oxygen atoms in total. The second kappa shape index (κ2) is 6.25. The van der Waals surface area contributed by atoms with Crippen molar-refractivity contribution in [3.63, 3.8) is 0 Å². The molecular weight excluding hydrogens is 236 g/mol. The van der Waals surface area contributed by atoms with Crippen molar-refractivity contribution in [1.82, 2.24) is 0 Å². The van der Waals surface area contributed by atoms with Crippen molar-refractivity contribution < 1.29 is 5.11 Å². The Morgan fingerprint density at radius 1 is 1.11 bits per heavy atom. The minimum Gasteiger partial charge on any atom is -0.508 e. The first-order chi connectivity index (χ1) is 9.19. The molecule has 100 valence electrons. The molecule has 0 radical (unpaired) electrons. The Kier molecular flexibility index (Phi) is 4.42. The van der Waals surface area contributed by atoms with Crippen LogP contribution in [0.15, 0.2) is 48.5 Å². The molecule has 0 bridgehead atoms. The Bertz CT molecular complexity index is 523. The molecular formula is C16H20N2O. The number of hydrogen-bond acceptors (Lipinski definition) is 3. The smallest absolute Gasteiger partial charge is 0.117 e. The summed E-state index contributed by atoms with van der Waals surface area (Å²) in [5.41, 5.74) is 9.08. The molecule has 2 rings (SSSR count). The lowest BCUT2D eigenvalue weighted by Crippen LogP contribution is -2.09. The number of nitrogens with one attached hydrogen (secondary N) is 1. The number of aromatic hydroxyl groups is 1. The highest BCUT2D eigenvalue weighted by atomic mass is 16.3. The van der Waals surface area contributed by atoms with Gasteiger partial charge in [0.05, 0.1) is 0 Å². The van der Waals surface area contributed by atoms with E-state index in [0.29, 0.717) is 0 Å². The van der Waals surface area contributed by atoms with Gasteiger partial charge < -0.3 is 16.2 Å². The molecule has 4 N–H and O–H groups in total. The maximum Gasteiger partial charge on any atom is 0.117 e. The summed E-state index contributed by atoms with van der Waals surface area (Å²) in [7, 11) is 0. The lowest BCUT2D eigenvalue weighted by atomic mass is 10.0. The molecule has 0 saturated carbocycles. The van der Waals surface area contributed by atoms with Gasteiger partial charge in [-0.3, -0.25) is 0 Å². The van der Waals surface area contributed by atoms with E-state index in [1.807, 2.05) is 36.4 Å². The van der Waals surface area contributed by atoms with Gasteiger partial charge in [0.15, 0.2) is 0 Å². The Labute approximate surface area is 114 Å². The molecule has 0 aliphatic carbocycles. The van der Waals surface area contributed by atoms with Crippen LogP contribution in [0.25, 0.3) is 0 Å². The van der Waals surface area contributed by atoms with E-state index in [0.717, 1.165) is 29.8 Å². The molecule has 0 aromatic heterocycles. The van der Waals surface area contributed by atoms with Crippen LogP contribution < -0.4 is 11.1 Å². The highest BCUT2D eigenvalue weighted by Gasteiger charge is 2.04. The molecule has 0 saturated heterocycles. The van der Waals surface area contributed by atoms with Crippen molar-refractivity contribution in [1.29, 1.82) is 0 Å². The molecule has 2 aromatic carbocycles. The van der Waals surface area contributed by atoms with E-state index in [4.69, 9.17) is 5.73 Å². The van der Waals surface area contributed by atoms with Crippen molar-refractivity contribution in [2.45, 2.75) is 25.8 Å². The van der Waals surface area contributed by atoms with Crippen LogP contribution in [-0.4, -0.2) is 5.11 Å². The summed E-state index contributed by atoms with van der Waals surface area (Å²) in [5, 5.41) is 12.7. The molecule has 0 aliphatic rings. The van der Waals surface area contributed by atoms with E-state index in [2.05, 4.69) is 12.2 Å². The third-order valence-corrected chi connectivity index (χ3v) is 3.07. The highest BCUT2D eigenvalue weighted by Crippen LogP contribution is 2.22. The van der Waals surface area contributed by atoms with E-state index in [1.54, 1.807) is 12.1 Å². The van der Waals surface area contributed by atoms with Crippen molar-refractivity contribution in [2.24, 2.45) is 5.73 Å². The van der Waals surface area contributed by atoms with Crippen molar-refractivity contribution >= 4 is 11.4 Å². The zero-order valence-corrected chi connectivity index (χ0v) is 11.1. The van der Waals surface area contributed by atoms with Crippen LogP contribution in [0.3, 0.4) is 0 Å². The predicted octanol–water partition coefficient (Wildman–Crippen LogP) is 3.94. The lowest BCUT2D eigenvalue weighted by Gasteiger charge is -2.12. The Morgan fingerprint density at radius 3 is 2.47 bits per heavy atom. The fourth-order valence-corrected chi connectivity index (χ4v) is 2.04. The van der Waals surface area contributed by atoms with Gasteiger partial charge in [0.2, 0.25) is 0 Å². The second-order valence-electron chi connectivity index (χ2n) is 4.69. The number of phenols is 1. The summed E-state index contributed by atoms with van der Waals surface area (Å²) in [6.07, 6.45) is 2.09. The summed E-state index contributed by atoms with van der Waals surface area (Å²) in [5.74, 6) is 0.256. The third-order valence-electron chi connectivity index (χ3n) is 3.07. The maximum absolute atomic E-state index is 9.41. The van der Waals surface area contributed by atoms with E-state index in [1.165, 1.54) is 0 Å². The molecule has 0 fully saturated rings. The summed E-state index contributed by atoms with van der Waals surface area (Å²) in [6, 6.07) is 15.3. The first kappa shape index (κ1) is 13.4. The molecule has 0 aliphatic heterocycles. The fraction of sp³-hybridized carbons (Fsp3) is 0.250. The average molecular weight is 256 g/mol. The molecule has 2 aromatic rings. The number of nitrogens with two attached hydrogens (primary N) is 1. The van der Waals surface area contributed by atoms with Gasteiger partial charge in [-0.25, -0.2) is 0 Å². The third kappa shape index (κ3) is 3.73. The molecule has 1 atom stereocenters. The van der Waals surface area contributed by atoms with Gasteiger partial charge in [0.1, 0.15) is 5.75 Å². The van der Waals surface area contributed by atoms with Crippen molar-refractivity contribution in [3.8, 4) is 5.75 Å². The molecule has 0 spiro atoms. The highest BCUT2D eigenvalue weighted by molar-refractivity contribution is 5.61. The minimum absolute atomic E-state index is 0.111. The molecule has 3 heteroatoms. The van der Waals surface area contributed by atoms with Crippen LogP contribution in [0.1, 0.15) is 31.4 Å². The number of anilines is 2. The first-order valence-corrected chi connectivity index (χ1v) is 6.60. The average Bonchev–Trinajstić information content (AvgIpc) is 2.40. The normalized spacial score (nSPS) is 12.1. The largest absolute Gasteiger partial charge is 0.508 e. The zero-order valence-electron chi connectivity index (χ0n) is 11.1. The van der Waals surface area contributed by atoms with Crippen LogP contribution in [-0.2, 0) is 0 Å². The topological polar surface area (TPSA) is 58.3 Å². The van der Waals surface area contributed by atoms with Crippen molar-refractivity contribution in [3.05, 3.63) is 54.1 Å². The monoisotopic (exact) mass is 256 g/mol. The predicted molar refractivity (Wildman–Crippen MR) is 79.7 cm³/mol. The van der Waals surface area contributed by atoms with Gasteiger partial charge in [-0.15, -0.1) is 0 Å². The number of benzene rings is 2. The van der Waals surface area contributed by atoms with Gasteiger partial charge in [0.25, 0.3) is 0 Å². The van der Waals surface area contributed by atoms with Gasteiger partial charge >= 0.3 is 0 Å². The Morgan fingerprint density at radius 2 is 1.84 bits per heavy atom. The van der Waals surface area contributed by atoms with Gasteiger partial charge in [-0.1, -0.05) is 31.5 Å². The second-order valence-corrected chi connectivity index (χ2v) is 4.69. The van der Waals surface area contributed by atoms with E-state index >= 15 is 0 Å². The van der Waals surface area contributed by atoms with E-state index < -0.39 is 0 Å². The summed E-state index contributed by atoms with van der Waals surface area (Å²) in [6.45, 7) is 2.14. The fourth-order valence-electron chi connectivity index (χ4n) is 2.04. The number of phenolic OH excluding ortho intramolecular Hbond substituents is 1. The molecule has 19 heavy (non-hydrogen) atoms. The summed E-state index contributed by atoms with van der Waals surface area (Å²) < 4.78 is 0. The molecule has 1 unspecified atom stereocenters. The van der Waals surface area contributed by atoms with E-state index in [9.17, 15) is 5.11 Å². The number of rotatable bonds is 5. The SMILES string of the molecule is CCCC(N)c1ccc(Nc2cccc(O)c2)cc1. The van der Waals surface area contributed by atoms with Gasteiger partial charge in [0, 0.05) is 23.5 Å². The first-order valence-electron chi connectivity index (χ1n) is 6.60. The van der Waals surface area contributed by atoms with Crippen LogP contribution in [0.4, 0.5) is 11.4 Å². The van der Waals surface area contributed by atoms with Gasteiger partial charge in [-0.05, 0) is 36.2 Å². The lowest BCUT2D eigenvalue weighted by molar-refractivity contribution is 0.475. The van der Waals surface area contributed by atoms with Crippen LogP contribution >= 0.6 is 0 Å². The van der Waals surface area contributed by atoms with Crippen LogP contribution in [0, 0.1) is 0 Å².